The maximum absolute atomic E-state index is 13.2. The fraction of sp³-hybridized carbons (Fsp3) is 0.464. The molecule has 0 spiro atoms. The number of Topliss-reactive ketones (excluding diaryl/α,β-unsaturated/α-hetero) is 1. The van der Waals surface area contributed by atoms with E-state index in [-0.39, 0.29) is 37.1 Å². The molecular formula is C28H31F5N6O2. The number of allylic oxidation sites excluding steroid dienone is 1. The predicted molar refractivity (Wildman–Crippen MR) is 140 cm³/mol. The summed E-state index contributed by atoms with van der Waals surface area (Å²) in [6, 6.07) is 8.84. The molecule has 1 atom stereocenters. The van der Waals surface area contributed by atoms with Crippen LogP contribution >= 0.6 is 0 Å². The van der Waals surface area contributed by atoms with Crippen molar-refractivity contribution in [1.82, 2.24) is 20.9 Å². The molecule has 1 amide bonds. The molecule has 8 nitrogen and oxygen atoms in total. The quantitative estimate of drug-likeness (QED) is 0.281. The molecule has 1 unspecified atom stereocenters. The lowest BCUT2D eigenvalue weighted by atomic mass is 9.83. The summed E-state index contributed by atoms with van der Waals surface area (Å²) in [5, 5.41) is 17.9. The fourth-order valence-electron chi connectivity index (χ4n) is 4.99. The smallest absolute Gasteiger partial charge is 0.384 e. The van der Waals surface area contributed by atoms with Crippen LogP contribution in [-0.4, -0.2) is 61.4 Å². The van der Waals surface area contributed by atoms with E-state index in [9.17, 15) is 36.8 Å². The van der Waals surface area contributed by atoms with Crippen LogP contribution in [0.4, 0.5) is 22.0 Å². The Kier molecular flexibility index (Phi) is 8.72. The third-order valence-corrected chi connectivity index (χ3v) is 7.45. The second kappa shape index (κ2) is 11.9. The molecule has 0 bridgehead atoms. The molecule has 4 rings (SSSR count). The number of nitrogens with zero attached hydrogens (tertiary/aromatic N) is 2. The topological polar surface area (TPSA) is 123 Å². The van der Waals surface area contributed by atoms with Crippen molar-refractivity contribution in [3.05, 3.63) is 65.3 Å². The van der Waals surface area contributed by atoms with Crippen LogP contribution in [0.3, 0.4) is 0 Å². The lowest BCUT2D eigenvalue weighted by molar-refractivity contribution is -0.278. The van der Waals surface area contributed by atoms with E-state index < -0.39 is 24.1 Å². The summed E-state index contributed by atoms with van der Waals surface area (Å²) in [6.07, 6.45) is 1.27. The van der Waals surface area contributed by atoms with E-state index in [1.165, 1.54) is 0 Å². The number of benzene rings is 1. The van der Waals surface area contributed by atoms with Gasteiger partial charge in [0.05, 0.1) is 19.2 Å². The average Bonchev–Trinajstić information content (AvgIpc) is 3.73. The van der Waals surface area contributed by atoms with Gasteiger partial charge in [-0.15, -0.1) is 0 Å². The van der Waals surface area contributed by atoms with E-state index in [1.807, 2.05) is 11.4 Å². The first-order valence-corrected chi connectivity index (χ1v) is 13.2. The molecule has 2 aliphatic heterocycles. The third kappa shape index (κ3) is 6.70. The summed E-state index contributed by atoms with van der Waals surface area (Å²) in [6.45, 7) is -0.880. The molecule has 1 aliphatic carbocycles. The number of halogens is 5. The minimum absolute atomic E-state index is 0.0256. The van der Waals surface area contributed by atoms with Crippen molar-refractivity contribution in [3.63, 3.8) is 0 Å². The number of hydrogen-bond donors (Lipinski definition) is 4. The maximum Gasteiger partial charge on any atom is 0.455 e. The number of likely N-dealkylation sites (tertiary alicyclic amines) is 1. The Labute approximate surface area is 234 Å². The second-order valence-electron chi connectivity index (χ2n) is 10.4. The van der Waals surface area contributed by atoms with Crippen molar-refractivity contribution in [3.8, 4) is 6.07 Å². The van der Waals surface area contributed by atoms with Crippen molar-refractivity contribution in [2.24, 2.45) is 17.1 Å². The number of ketones is 1. The van der Waals surface area contributed by atoms with E-state index in [4.69, 9.17) is 5.73 Å². The molecule has 2 heterocycles. The SMILES string of the molecule is N#CC1(C2CC2)CCN(C2=CCNC(NCC(=O)Cc3cccc(/C(=C/NCC(F)(F)C(F)(F)F)CN)c3)=C2)C1=O. The highest BCUT2D eigenvalue weighted by atomic mass is 19.4. The number of alkyl halides is 5. The van der Waals surface area contributed by atoms with Crippen LogP contribution in [-0.2, 0) is 16.0 Å². The van der Waals surface area contributed by atoms with Crippen molar-refractivity contribution < 1.29 is 31.5 Å². The number of rotatable bonds is 12. The lowest BCUT2D eigenvalue weighted by Crippen LogP contribution is -2.44. The number of dihydropyridines is 1. The zero-order chi connectivity index (χ0) is 29.8. The summed E-state index contributed by atoms with van der Waals surface area (Å²) in [5.41, 5.74) is 6.79. The van der Waals surface area contributed by atoms with Crippen molar-refractivity contribution in [2.75, 3.05) is 32.7 Å². The third-order valence-electron chi connectivity index (χ3n) is 7.45. The summed E-state index contributed by atoms with van der Waals surface area (Å²) >= 11 is 0. The molecule has 1 saturated heterocycles. The van der Waals surface area contributed by atoms with E-state index >= 15 is 0 Å². The van der Waals surface area contributed by atoms with Crippen LogP contribution in [0.25, 0.3) is 5.57 Å². The molecule has 0 radical (unpaired) electrons. The first kappa shape index (κ1) is 30.0. The molecular weight excluding hydrogens is 547 g/mol. The Morgan fingerprint density at radius 1 is 1.27 bits per heavy atom. The van der Waals surface area contributed by atoms with Crippen LogP contribution in [0, 0.1) is 22.7 Å². The maximum atomic E-state index is 13.2. The van der Waals surface area contributed by atoms with Crippen LogP contribution in [0.1, 0.15) is 30.4 Å². The van der Waals surface area contributed by atoms with Gasteiger partial charge in [0.15, 0.2) is 5.78 Å². The number of hydrogen-bond acceptors (Lipinski definition) is 7. The standard InChI is InChI=1S/C28H31F5N6O2/c29-27(30,28(31,32)33)17-36-14-20(13-34)19-3-1-2-18(10-19)11-23(40)15-38-24-12-22(6-8-37-24)39-9-7-26(16-35,25(39)41)21-4-5-21/h1-3,6,10,12,14,21,36-38H,4-5,7-9,11,13,15,17,34H2/b20-14+. The minimum atomic E-state index is -5.67. The van der Waals surface area contributed by atoms with Crippen LogP contribution in [0.2, 0.25) is 0 Å². The Hall–Kier alpha value is -3.92. The largest absolute Gasteiger partial charge is 0.455 e. The van der Waals surface area contributed by atoms with E-state index in [0.29, 0.717) is 47.7 Å². The lowest BCUT2D eigenvalue weighted by Gasteiger charge is -2.25. The van der Waals surface area contributed by atoms with Gasteiger partial charge in [-0.05, 0) is 48.0 Å². The van der Waals surface area contributed by atoms with E-state index in [0.717, 1.165) is 19.0 Å². The summed E-state index contributed by atoms with van der Waals surface area (Å²) in [7, 11) is 0. The molecule has 41 heavy (non-hydrogen) atoms. The Bertz CT molecular complexity index is 1310. The molecule has 0 aromatic heterocycles. The van der Waals surface area contributed by atoms with Crippen molar-refractivity contribution in [2.45, 2.75) is 37.8 Å². The number of amides is 1. The highest BCUT2D eigenvalue weighted by Crippen LogP contribution is 2.52. The van der Waals surface area contributed by atoms with Crippen molar-refractivity contribution >= 4 is 17.3 Å². The number of nitrogens with two attached hydrogens (primary N) is 1. The first-order chi connectivity index (χ1) is 19.4. The van der Waals surface area contributed by atoms with Gasteiger partial charge in [-0.25, -0.2) is 0 Å². The van der Waals surface area contributed by atoms with Gasteiger partial charge in [-0.2, -0.15) is 27.2 Å². The molecule has 3 aliphatic rings. The molecule has 220 valence electrons. The highest BCUT2D eigenvalue weighted by molar-refractivity contribution is 5.90. The Morgan fingerprint density at radius 2 is 2.02 bits per heavy atom. The minimum Gasteiger partial charge on any atom is -0.384 e. The molecule has 5 N–H and O–H groups in total. The molecule has 1 aromatic rings. The normalized spacial score (nSPS) is 21.5. The fourth-order valence-corrected chi connectivity index (χ4v) is 4.99. The van der Waals surface area contributed by atoms with Gasteiger partial charge in [0.25, 0.3) is 0 Å². The van der Waals surface area contributed by atoms with Crippen LogP contribution < -0.4 is 21.7 Å². The Balaban J connectivity index is 1.32. The molecule has 1 aromatic carbocycles. The molecule has 13 heteroatoms. The van der Waals surface area contributed by atoms with Gasteiger partial charge in [-0.1, -0.05) is 24.3 Å². The van der Waals surface area contributed by atoms with Gasteiger partial charge < -0.3 is 26.6 Å². The monoisotopic (exact) mass is 578 g/mol. The van der Waals surface area contributed by atoms with E-state index in [1.54, 1.807) is 35.2 Å². The number of carbonyl (C=O) groups excluding carboxylic acids is 2. The zero-order valence-electron chi connectivity index (χ0n) is 22.2. The number of carbonyl (C=O) groups is 2. The van der Waals surface area contributed by atoms with Gasteiger partial charge in [-0.3, -0.25) is 9.59 Å². The summed E-state index contributed by atoms with van der Waals surface area (Å²) < 4.78 is 63.5. The highest BCUT2D eigenvalue weighted by Gasteiger charge is 2.57. The first-order valence-electron chi connectivity index (χ1n) is 13.2. The average molecular weight is 579 g/mol. The van der Waals surface area contributed by atoms with Gasteiger partial charge in [0.1, 0.15) is 11.2 Å². The Morgan fingerprint density at radius 3 is 2.68 bits per heavy atom. The van der Waals surface area contributed by atoms with Gasteiger partial charge >= 0.3 is 12.1 Å². The van der Waals surface area contributed by atoms with E-state index in [2.05, 4.69) is 16.7 Å². The van der Waals surface area contributed by atoms with Crippen LogP contribution in [0.5, 0.6) is 0 Å². The summed E-state index contributed by atoms with van der Waals surface area (Å²) in [5.74, 6) is -4.55. The van der Waals surface area contributed by atoms with Crippen molar-refractivity contribution in [1.29, 1.82) is 5.26 Å². The van der Waals surface area contributed by atoms with Gasteiger partial charge in [0, 0.05) is 44.0 Å². The van der Waals surface area contributed by atoms with Crippen LogP contribution in [0.15, 0.2) is 54.1 Å². The summed E-state index contributed by atoms with van der Waals surface area (Å²) in [4.78, 5) is 27.4. The second-order valence-corrected chi connectivity index (χ2v) is 10.4. The molecule has 1 saturated carbocycles. The molecule has 2 fully saturated rings. The van der Waals surface area contributed by atoms with Gasteiger partial charge in [0.2, 0.25) is 5.91 Å². The number of nitriles is 1. The number of nitrogens with one attached hydrogen (secondary N) is 3. The zero-order valence-corrected chi connectivity index (χ0v) is 22.2. The predicted octanol–water partition coefficient (Wildman–Crippen LogP) is 2.96.